The SMILES string of the molecule is CCCCCCCC/C=C\CCCCCCCCCCCCCC(=O)OC(CCCCCCCCCCCCCCCC)CCCCC(=O)O. The van der Waals surface area contributed by atoms with E-state index in [0.29, 0.717) is 12.8 Å². The number of allylic oxidation sites excluding steroid dienone is 2. The lowest BCUT2D eigenvalue weighted by Gasteiger charge is -2.18. The van der Waals surface area contributed by atoms with Crippen LogP contribution < -0.4 is 0 Å². The fourth-order valence-corrected chi connectivity index (χ4v) is 7.12. The molecule has 296 valence electrons. The predicted octanol–water partition coefficient (Wildman–Crippen LogP) is 15.8. The summed E-state index contributed by atoms with van der Waals surface area (Å²) < 4.78 is 5.92. The van der Waals surface area contributed by atoms with Gasteiger partial charge in [0.2, 0.25) is 0 Å². The molecule has 0 saturated carbocycles. The first-order valence-corrected chi connectivity index (χ1v) is 22.7. The number of rotatable bonds is 42. The minimum Gasteiger partial charge on any atom is -0.481 e. The summed E-state index contributed by atoms with van der Waals surface area (Å²) in [5, 5.41) is 8.98. The van der Waals surface area contributed by atoms with Crippen molar-refractivity contribution in [3.63, 3.8) is 0 Å². The van der Waals surface area contributed by atoms with E-state index in [-0.39, 0.29) is 18.5 Å². The van der Waals surface area contributed by atoms with Crippen molar-refractivity contribution in [1.29, 1.82) is 0 Å². The number of hydrogen-bond donors (Lipinski definition) is 1. The minimum atomic E-state index is -0.738. The number of carboxylic acids is 1. The largest absolute Gasteiger partial charge is 0.481 e. The summed E-state index contributed by atoms with van der Waals surface area (Å²) in [5.41, 5.74) is 0. The standard InChI is InChI=1S/C46H88O4/c1-3-5-7-9-11-13-15-17-19-20-21-22-23-24-25-27-29-31-33-35-37-43-46(49)50-44(41-38-39-42-45(47)48)40-36-34-32-30-28-26-18-16-14-12-10-8-6-4-2/h17,19,44H,3-16,18,20-43H2,1-2H3,(H,47,48)/b19-17-. The Kier molecular flexibility index (Phi) is 41.0. The third-order valence-corrected chi connectivity index (χ3v) is 10.5. The normalized spacial score (nSPS) is 12.2. The molecule has 0 spiro atoms. The minimum absolute atomic E-state index is 0.0417. The molecule has 0 radical (unpaired) electrons. The van der Waals surface area contributed by atoms with Gasteiger partial charge in [0.25, 0.3) is 0 Å². The Bertz CT molecular complexity index is 717. The lowest BCUT2D eigenvalue weighted by molar-refractivity contribution is -0.150. The molecule has 0 fully saturated rings. The summed E-state index contributed by atoms with van der Waals surface area (Å²) >= 11 is 0. The quantitative estimate of drug-likeness (QED) is 0.0390. The highest BCUT2D eigenvalue weighted by Gasteiger charge is 2.14. The molecule has 4 heteroatoms. The molecular weight excluding hydrogens is 617 g/mol. The van der Waals surface area contributed by atoms with Crippen LogP contribution in [0.4, 0.5) is 0 Å². The summed E-state index contributed by atoms with van der Waals surface area (Å²) in [4.78, 5) is 23.5. The highest BCUT2D eigenvalue weighted by atomic mass is 16.5. The van der Waals surface area contributed by atoms with Crippen molar-refractivity contribution in [3.8, 4) is 0 Å². The van der Waals surface area contributed by atoms with Crippen molar-refractivity contribution < 1.29 is 19.4 Å². The number of unbranched alkanes of at least 4 members (excludes halogenated alkanes) is 31. The average Bonchev–Trinajstić information content (AvgIpc) is 3.10. The fraction of sp³-hybridized carbons (Fsp3) is 0.913. The van der Waals surface area contributed by atoms with E-state index in [2.05, 4.69) is 26.0 Å². The van der Waals surface area contributed by atoms with Crippen LogP contribution in [0, 0.1) is 0 Å². The molecule has 1 atom stereocenters. The van der Waals surface area contributed by atoms with Crippen molar-refractivity contribution >= 4 is 11.9 Å². The van der Waals surface area contributed by atoms with Gasteiger partial charge in [-0.1, -0.05) is 199 Å². The predicted molar refractivity (Wildman–Crippen MR) is 218 cm³/mol. The number of carboxylic acid groups (broad SMARTS) is 1. The van der Waals surface area contributed by atoms with Crippen LogP contribution in [0.25, 0.3) is 0 Å². The van der Waals surface area contributed by atoms with Gasteiger partial charge in [0.15, 0.2) is 0 Å². The van der Waals surface area contributed by atoms with Crippen molar-refractivity contribution in [3.05, 3.63) is 12.2 Å². The van der Waals surface area contributed by atoms with Gasteiger partial charge in [-0.05, 0) is 64.2 Å². The van der Waals surface area contributed by atoms with Crippen LogP contribution in [0.2, 0.25) is 0 Å². The molecule has 1 unspecified atom stereocenters. The molecule has 0 heterocycles. The molecule has 0 aliphatic rings. The molecule has 0 aromatic heterocycles. The number of esters is 1. The molecule has 0 aliphatic heterocycles. The van der Waals surface area contributed by atoms with Crippen molar-refractivity contribution in [2.24, 2.45) is 0 Å². The molecular formula is C46H88O4. The summed E-state index contributed by atoms with van der Waals surface area (Å²) in [7, 11) is 0. The smallest absolute Gasteiger partial charge is 0.306 e. The van der Waals surface area contributed by atoms with Gasteiger partial charge in [-0.15, -0.1) is 0 Å². The molecule has 0 aromatic carbocycles. The summed E-state index contributed by atoms with van der Waals surface area (Å²) in [6.07, 6.45) is 52.5. The van der Waals surface area contributed by atoms with E-state index in [1.165, 1.54) is 193 Å². The van der Waals surface area contributed by atoms with Gasteiger partial charge in [0.1, 0.15) is 6.10 Å². The second-order valence-corrected chi connectivity index (χ2v) is 15.6. The van der Waals surface area contributed by atoms with Gasteiger partial charge in [0.05, 0.1) is 0 Å². The van der Waals surface area contributed by atoms with Gasteiger partial charge >= 0.3 is 11.9 Å². The second kappa shape index (κ2) is 42.1. The first-order chi connectivity index (χ1) is 24.6. The maximum Gasteiger partial charge on any atom is 0.306 e. The average molecular weight is 705 g/mol. The van der Waals surface area contributed by atoms with Crippen LogP contribution in [0.1, 0.15) is 264 Å². The van der Waals surface area contributed by atoms with Crippen LogP contribution in [0.3, 0.4) is 0 Å². The number of ether oxygens (including phenoxy) is 1. The van der Waals surface area contributed by atoms with E-state index in [1.54, 1.807) is 0 Å². The van der Waals surface area contributed by atoms with Crippen LogP contribution in [0.15, 0.2) is 12.2 Å². The Morgan fingerprint density at radius 3 is 1.10 bits per heavy atom. The van der Waals surface area contributed by atoms with E-state index < -0.39 is 5.97 Å². The highest BCUT2D eigenvalue weighted by Crippen LogP contribution is 2.19. The Balaban J connectivity index is 3.76. The first-order valence-electron chi connectivity index (χ1n) is 22.7. The maximum absolute atomic E-state index is 12.6. The van der Waals surface area contributed by atoms with Gasteiger partial charge in [-0.3, -0.25) is 9.59 Å². The van der Waals surface area contributed by atoms with Crippen molar-refractivity contribution in [2.75, 3.05) is 0 Å². The van der Waals surface area contributed by atoms with Crippen molar-refractivity contribution in [1.82, 2.24) is 0 Å². The summed E-state index contributed by atoms with van der Waals surface area (Å²) in [6, 6.07) is 0. The Hall–Kier alpha value is -1.32. The fourth-order valence-electron chi connectivity index (χ4n) is 7.12. The number of aliphatic carboxylic acids is 1. The van der Waals surface area contributed by atoms with Gasteiger partial charge in [-0.2, -0.15) is 0 Å². The van der Waals surface area contributed by atoms with Crippen LogP contribution in [-0.2, 0) is 14.3 Å². The number of hydrogen-bond acceptors (Lipinski definition) is 3. The topological polar surface area (TPSA) is 63.6 Å². The van der Waals surface area contributed by atoms with E-state index >= 15 is 0 Å². The second-order valence-electron chi connectivity index (χ2n) is 15.6. The van der Waals surface area contributed by atoms with E-state index in [4.69, 9.17) is 9.84 Å². The molecule has 0 saturated heterocycles. The highest BCUT2D eigenvalue weighted by molar-refractivity contribution is 5.69. The van der Waals surface area contributed by atoms with Gasteiger partial charge in [-0.25, -0.2) is 0 Å². The van der Waals surface area contributed by atoms with Gasteiger partial charge < -0.3 is 9.84 Å². The summed E-state index contributed by atoms with van der Waals surface area (Å²) in [6.45, 7) is 4.56. The molecule has 50 heavy (non-hydrogen) atoms. The molecule has 1 N–H and O–H groups in total. The number of carbonyl (C=O) groups is 2. The van der Waals surface area contributed by atoms with Crippen LogP contribution >= 0.6 is 0 Å². The zero-order chi connectivity index (χ0) is 36.4. The van der Waals surface area contributed by atoms with E-state index in [9.17, 15) is 9.59 Å². The molecule has 0 rings (SSSR count). The number of carbonyl (C=O) groups excluding carboxylic acids is 1. The third kappa shape index (κ3) is 41.1. The van der Waals surface area contributed by atoms with E-state index in [0.717, 1.165) is 38.5 Å². The maximum atomic E-state index is 12.6. The van der Waals surface area contributed by atoms with Crippen LogP contribution in [0.5, 0.6) is 0 Å². The lowest BCUT2D eigenvalue weighted by atomic mass is 10.0. The molecule has 0 bridgehead atoms. The molecule has 0 aromatic rings. The zero-order valence-electron chi connectivity index (χ0n) is 34.0. The first kappa shape index (κ1) is 48.7. The van der Waals surface area contributed by atoms with E-state index in [1.807, 2.05) is 0 Å². The monoisotopic (exact) mass is 705 g/mol. The zero-order valence-corrected chi connectivity index (χ0v) is 34.0. The van der Waals surface area contributed by atoms with Gasteiger partial charge in [0, 0.05) is 12.8 Å². The Labute approximate surface area is 313 Å². The molecule has 4 nitrogen and oxygen atoms in total. The molecule has 0 aliphatic carbocycles. The summed E-state index contributed by atoms with van der Waals surface area (Å²) in [5.74, 6) is -0.787. The van der Waals surface area contributed by atoms with Crippen LogP contribution in [-0.4, -0.2) is 23.1 Å². The Morgan fingerprint density at radius 1 is 0.420 bits per heavy atom. The molecule has 0 amide bonds. The Morgan fingerprint density at radius 2 is 0.720 bits per heavy atom. The third-order valence-electron chi connectivity index (χ3n) is 10.5. The van der Waals surface area contributed by atoms with Crippen molar-refractivity contribution in [2.45, 2.75) is 270 Å². The lowest BCUT2D eigenvalue weighted by Crippen LogP contribution is -2.18.